The summed E-state index contributed by atoms with van der Waals surface area (Å²) in [5, 5.41) is 0. The van der Waals surface area contributed by atoms with Gasteiger partial charge >= 0.3 is 0 Å². The second-order valence-corrected chi connectivity index (χ2v) is 8.67. The molecule has 7 nitrogen and oxygen atoms in total. The van der Waals surface area contributed by atoms with Crippen molar-refractivity contribution in [3.8, 4) is 11.5 Å². The van der Waals surface area contributed by atoms with Crippen molar-refractivity contribution in [1.82, 2.24) is 0 Å². The number of rotatable bonds is 6. The molecule has 0 spiro atoms. The number of benzene rings is 3. The van der Waals surface area contributed by atoms with Crippen molar-refractivity contribution >= 4 is 33.2 Å². The number of amides is 2. The van der Waals surface area contributed by atoms with E-state index >= 15 is 0 Å². The second kappa shape index (κ2) is 8.61. The molecule has 3 aromatic rings. The Kier molecular flexibility index (Phi) is 5.73. The molecule has 1 aliphatic rings. The van der Waals surface area contributed by atoms with E-state index in [1.54, 1.807) is 36.4 Å². The maximum Gasteiger partial charge on any atom is 0.262 e. The van der Waals surface area contributed by atoms with Gasteiger partial charge in [0.1, 0.15) is 5.75 Å². The van der Waals surface area contributed by atoms with Gasteiger partial charge in [-0.2, -0.15) is 0 Å². The fourth-order valence-electron chi connectivity index (χ4n) is 3.28. The summed E-state index contributed by atoms with van der Waals surface area (Å²) in [6, 6.07) is 21.4. The number of anilines is 2. The average molecular weight is 436 g/mol. The standard InChI is InChI=1S/C23H20N2O5S/c26-22-11-6-12-23(27)25(22)17-13-15-19(16-14-17)31(28,29)24-20-9-4-5-10-21(20)30-18-7-2-1-3-8-18/h1-5,7-10,13-16,24H,6,11-12H2. The van der Waals surface area contributed by atoms with E-state index in [0.29, 0.717) is 36.4 Å². The summed E-state index contributed by atoms with van der Waals surface area (Å²) < 4.78 is 34.2. The first-order valence-electron chi connectivity index (χ1n) is 9.75. The number of carbonyl (C=O) groups is 2. The highest BCUT2D eigenvalue weighted by atomic mass is 32.2. The van der Waals surface area contributed by atoms with Crippen LogP contribution in [0.3, 0.4) is 0 Å². The van der Waals surface area contributed by atoms with Crippen molar-refractivity contribution in [1.29, 1.82) is 0 Å². The maximum absolute atomic E-state index is 12.9. The highest BCUT2D eigenvalue weighted by Crippen LogP contribution is 2.31. The van der Waals surface area contributed by atoms with Gasteiger partial charge in [-0.3, -0.25) is 19.2 Å². The molecule has 0 radical (unpaired) electrons. The van der Waals surface area contributed by atoms with Gasteiger partial charge < -0.3 is 4.74 Å². The van der Waals surface area contributed by atoms with E-state index in [9.17, 15) is 18.0 Å². The van der Waals surface area contributed by atoms with Crippen LogP contribution < -0.4 is 14.4 Å². The molecule has 2 amide bonds. The van der Waals surface area contributed by atoms with E-state index < -0.39 is 10.0 Å². The maximum atomic E-state index is 12.9. The van der Waals surface area contributed by atoms with Crippen LogP contribution in [0.15, 0.2) is 83.8 Å². The van der Waals surface area contributed by atoms with Gasteiger partial charge in [-0.1, -0.05) is 30.3 Å². The second-order valence-electron chi connectivity index (χ2n) is 6.99. The Labute approximate surface area is 180 Å². The minimum absolute atomic E-state index is 0.00247. The molecule has 1 N–H and O–H groups in total. The number of hydrogen-bond acceptors (Lipinski definition) is 5. The van der Waals surface area contributed by atoms with Crippen LogP contribution in [0.4, 0.5) is 11.4 Å². The Balaban J connectivity index is 1.56. The highest BCUT2D eigenvalue weighted by molar-refractivity contribution is 7.92. The fourth-order valence-corrected chi connectivity index (χ4v) is 4.35. The molecule has 1 heterocycles. The number of hydrogen-bond donors (Lipinski definition) is 1. The van der Waals surface area contributed by atoms with E-state index in [2.05, 4.69) is 4.72 Å². The lowest BCUT2D eigenvalue weighted by atomic mass is 10.1. The topological polar surface area (TPSA) is 92.8 Å². The summed E-state index contributed by atoms with van der Waals surface area (Å²) in [6.07, 6.45) is 1.13. The number of nitrogens with zero attached hydrogens (tertiary/aromatic N) is 1. The Bertz CT molecular complexity index is 1190. The zero-order valence-electron chi connectivity index (χ0n) is 16.5. The Morgan fingerprint density at radius 3 is 2.06 bits per heavy atom. The SMILES string of the molecule is O=C1CCCC(=O)N1c1ccc(S(=O)(=O)Nc2ccccc2Oc2ccccc2)cc1. The predicted octanol–water partition coefficient (Wildman–Crippen LogP) is 4.32. The number of nitrogens with one attached hydrogen (secondary N) is 1. The van der Waals surface area contributed by atoms with Crippen LogP contribution in [0, 0.1) is 0 Å². The van der Waals surface area contributed by atoms with Gasteiger partial charge in [0.2, 0.25) is 11.8 Å². The number of sulfonamides is 1. The van der Waals surface area contributed by atoms with E-state index in [1.807, 2.05) is 18.2 Å². The lowest BCUT2D eigenvalue weighted by molar-refractivity contribution is -0.129. The van der Waals surface area contributed by atoms with Crippen molar-refractivity contribution in [2.45, 2.75) is 24.2 Å². The number of ether oxygens (including phenoxy) is 1. The van der Waals surface area contributed by atoms with E-state index in [-0.39, 0.29) is 22.4 Å². The van der Waals surface area contributed by atoms with Crippen LogP contribution in [0.2, 0.25) is 0 Å². The van der Waals surface area contributed by atoms with Crippen LogP contribution in [0.1, 0.15) is 19.3 Å². The molecule has 0 unspecified atom stereocenters. The van der Waals surface area contributed by atoms with E-state index in [0.717, 1.165) is 4.90 Å². The number of piperidine rings is 1. The smallest absolute Gasteiger partial charge is 0.262 e. The van der Waals surface area contributed by atoms with Crippen LogP contribution >= 0.6 is 0 Å². The number of para-hydroxylation sites is 3. The largest absolute Gasteiger partial charge is 0.455 e. The quantitative estimate of drug-likeness (QED) is 0.581. The van der Waals surface area contributed by atoms with Crippen molar-refractivity contribution < 1.29 is 22.7 Å². The Morgan fingerprint density at radius 2 is 1.39 bits per heavy atom. The van der Waals surface area contributed by atoms with E-state index in [4.69, 9.17) is 4.74 Å². The van der Waals surface area contributed by atoms with Crippen LogP contribution in [0.5, 0.6) is 11.5 Å². The molecule has 31 heavy (non-hydrogen) atoms. The van der Waals surface area contributed by atoms with Crippen LogP contribution in [0.25, 0.3) is 0 Å². The van der Waals surface area contributed by atoms with Crippen molar-refractivity contribution in [3.05, 3.63) is 78.9 Å². The van der Waals surface area contributed by atoms with Gasteiger partial charge in [0.15, 0.2) is 5.75 Å². The molecular formula is C23H20N2O5S. The molecule has 158 valence electrons. The van der Waals surface area contributed by atoms with Crippen LogP contribution in [-0.2, 0) is 19.6 Å². The van der Waals surface area contributed by atoms with Gasteiger partial charge in [-0.15, -0.1) is 0 Å². The van der Waals surface area contributed by atoms with Gasteiger partial charge in [-0.25, -0.2) is 8.42 Å². The summed E-state index contributed by atoms with van der Waals surface area (Å²) >= 11 is 0. The molecule has 0 aromatic heterocycles. The third-order valence-electron chi connectivity index (χ3n) is 4.79. The van der Waals surface area contributed by atoms with Gasteiger partial charge in [0, 0.05) is 12.8 Å². The molecule has 1 fully saturated rings. The molecule has 1 saturated heterocycles. The summed E-state index contributed by atoms with van der Waals surface area (Å²) in [6.45, 7) is 0. The zero-order chi connectivity index (χ0) is 21.8. The molecular weight excluding hydrogens is 416 g/mol. The first-order chi connectivity index (χ1) is 14.9. The highest BCUT2D eigenvalue weighted by Gasteiger charge is 2.27. The van der Waals surface area contributed by atoms with Gasteiger partial charge in [-0.05, 0) is 55.0 Å². The normalized spacial score (nSPS) is 14.4. The first-order valence-corrected chi connectivity index (χ1v) is 11.2. The molecule has 4 rings (SSSR count). The predicted molar refractivity (Wildman–Crippen MR) is 117 cm³/mol. The van der Waals surface area contributed by atoms with E-state index in [1.165, 1.54) is 24.3 Å². The average Bonchev–Trinajstić information content (AvgIpc) is 2.76. The minimum Gasteiger partial charge on any atom is -0.455 e. The number of carbonyl (C=O) groups excluding carboxylic acids is 2. The molecule has 8 heteroatoms. The third kappa shape index (κ3) is 4.59. The van der Waals surface area contributed by atoms with Gasteiger partial charge in [0.05, 0.1) is 16.3 Å². The Hall–Kier alpha value is -3.65. The monoisotopic (exact) mass is 436 g/mol. The lowest BCUT2D eigenvalue weighted by Crippen LogP contribution is -2.40. The molecule has 1 aliphatic heterocycles. The van der Waals surface area contributed by atoms with Crippen molar-refractivity contribution in [3.63, 3.8) is 0 Å². The number of imide groups is 1. The molecule has 0 saturated carbocycles. The fraction of sp³-hybridized carbons (Fsp3) is 0.130. The minimum atomic E-state index is -3.92. The van der Waals surface area contributed by atoms with Crippen molar-refractivity contribution in [2.75, 3.05) is 9.62 Å². The summed E-state index contributed by atoms with van der Waals surface area (Å²) in [5.41, 5.74) is 0.651. The molecule has 0 bridgehead atoms. The third-order valence-corrected chi connectivity index (χ3v) is 6.17. The molecule has 3 aromatic carbocycles. The molecule has 0 atom stereocenters. The van der Waals surface area contributed by atoms with Crippen molar-refractivity contribution in [2.24, 2.45) is 0 Å². The lowest BCUT2D eigenvalue weighted by Gasteiger charge is -2.25. The zero-order valence-corrected chi connectivity index (χ0v) is 17.3. The molecule has 0 aliphatic carbocycles. The first kappa shape index (κ1) is 20.6. The Morgan fingerprint density at radius 1 is 0.774 bits per heavy atom. The summed E-state index contributed by atoms with van der Waals surface area (Å²) in [4.78, 5) is 25.3. The van der Waals surface area contributed by atoms with Crippen LogP contribution in [-0.4, -0.2) is 20.2 Å². The summed E-state index contributed by atoms with van der Waals surface area (Å²) in [7, 11) is -3.92. The summed E-state index contributed by atoms with van der Waals surface area (Å²) in [5.74, 6) is 0.377. The van der Waals surface area contributed by atoms with Gasteiger partial charge in [0.25, 0.3) is 10.0 Å².